The minimum atomic E-state index is -0.323. The number of hydrogen-bond donors (Lipinski definition) is 4. The molecule has 178 valence electrons. The number of halogens is 1. The van der Waals surface area contributed by atoms with E-state index < -0.39 is 0 Å². The second kappa shape index (κ2) is 10.7. The molecule has 7 nitrogen and oxygen atoms in total. The van der Waals surface area contributed by atoms with Gasteiger partial charge in [0.15, 0.2) is 0 Å². The van der Waals surface area contributed by atoms with Gasteiger partial charge in [0.2, 0.25) is 0 Å². The molecule has 0 aliphatic rings. The summed E-state index contributed by atoms with van der Waals surface area (Å²) < 4.78 is 13.6. The smallest absolute Gasteiger partial charge is 0.146 e. The van der Waals surface area contributed by atoms with Gasteiger partial charge in [0.05, 0.1) is 22.6 Å². The number of hydrogen-bond acceptors (Lipinski definition) is 6. The van der Waals surface area contributed by atoms with Crippen molar-refractivity contribution in [2.75, 3.05) is 12.3 Å². The van der Waals surface area contributed by atoms with Crippen molar-refractivity contribution in [3.63, 3.8) is 0 Å². The molecule has 35 heavy (non-hydrogen) atoms. The van der Waals surface area contributed by atoms with E-state index in [1.165, 1.54) is 12.1 Å². The van der Waals surface area contributed by atoms with E-state index in [1.54, 1.807) is 30.6 Å². The van der Waals surface area contributed by atoms with Gasteiger partial charge >= 0.3 is 0 Å². The number of nitrogens with one attached hydrogen (secondary N) is 3. The maximum atomic E-state index is 13.6. The minimum absolute atomic E-state index is 0.287. The lowest BCUT2D eigenvalue weighted by molar-refractivity contribution is 0.628. The van der Waals surface area contributed by atoms with Crippen molar-refractivity contribution in [1.82, 2.24) is 25.6 Å². The number of amidine groups is 1. The van der Waals surface area contributed by atoms with Gasteiger partial charge in [0, 0.05) is 47.9 Å². The summed E-state index contributed by atoms with van der Waals surface area (Å²) in [6.07, 6.45) is 5.66. The second-order valence-corrected chi connectivity index (χ2v) is 8.42. The van der Waals surface area contributed by atoms with Crippen molar-refractivity contribution >= 4 is 22.6 Å². The van der Waals surface area contributed by atoms with E-state index >= 15 is 0 Å². The van der Waals surface area contributed by atoms with E-state index in [-0.39, 0.29) is 11.7 Å². The number of nitrogen functional groups attached to an aromatic ring is 1. The van der Waals surface area contributed by atoms with Gasteiger partial charge in [-0.25, -0.2) is 14.4 Å². The van der Waals surface area contributed by atoms with Gasteiger partial charge in [0.1, 0.15) is 17.5 Å². The van der Waals surface area contributed by atoms with Gasteiger partial charge in [-0.3, -0.25) is 10.4 Å². The van der Waals surface area contributed by atoms with Gasteiger partial charge in [-0.1, -0.05) is 12.1 Å². The van der Waals surface area contributed by atoms with Gasteiger partial charge in [-0.2, -0.15) is 0 Å². The Morgan fingerprint density at radius 1 is 1.06 bits per heavy atom. The fourth-order valence-electron chi connectivity index (χ4n) is 3.60. The molecule has 0 unspecified atom stereocenters. The number of rotatable bonds is 8. The standard InChI is InChI=1S/C27H28FN7/c1-17(2)31-15-12-24(29)33-14-11-23-27(30)35-25(18-5-8-21(28)9-6-18)26(34-23)20-7-10-22-19(16-20)4-3-13-32-22/h3-10,12-13,15-17,31H,11,14H2,1-2H3,(H2,29,33)(H2,30,35)/b15-12-. The number of anilines is 1. The zero-order chi connectivity index (χ0) is 24.8. The Balaban J connectivity index is 1.65. The van der Waals surface area contributed by atoms with Crippen LogP contribution in [0.3, 0.4) is 0 Å². The van der Waals surface area contributed by atoms with Gasteiger partial charge < -0.3 is 16.4 Å². The van der Waals surface area contributed by atoms with Gasteiger partial charge in [-0.05, 0) is 62.4 Å². The predicted molar refractivity (Wildman–Crippen MR) is 139 cm³/mol. The first-order valence-electron chi connectivity index (χ1n) is 11.4. The van der Waals surface area contributed by atoms with Crippen LogP contribution in [0.25, 0.3) is 33.4 Å². The largest absolute Gasteiger partial charge is 0.389 e. The molecule has 0 bridgehead atoms. The third-order valence-electron chi connectivity index (χ3n) is 5.35. The molecule has 2 heterocycles. The van der Waals surface area contributed by atoms with Crippen molar-refractivity contribution in [3.05, 3.63) is 84.6 Å². The lowest BCUT2D eigenvalue weighted by Crippen LogP contribution is -2.25. The Hall–Kier alpha value is -4.33. The van der Waals surface area contributed by atoms with Crippen molar-refractivity contribution in [1.29, 1.82) is 5.41 Å². The molecule has 2 aromatic heterocycles. The number of pyridine rings is 1. The molecule has 0 spiro atoms. The summed E-state index contributed by atoms with van der Waals surface area (Å²) in [4.78, 5) is 13.9. The van der Waals surface area contributed by atoms with Crippen LogP contribution in [-0.4, -0.2) is 33.4 Å². The maximum absolute atomic E-state index is 13.6. The van der Waals surface area contributed by atoms with Crippen molar-refractivity contribution in [2.45, 2.75) is 26.3 Å². The average Bonchev–Trinajstić information content (AvgIpc) is 2.85. The van der Waals surface area contributed by atoms with Crippen LogP contribution in [0.1, 0.15) is 19.5 Å². The molecule has 0 saturated heterocycles. The molecule has 8 heteroatoms. The molecule has 0 fully saturated rings. The fraction of sp³-hybridized carbons (Fsp3) is 0.185. The van der Waals surface area contributed by atoms with Crippen LogP contribution in [0.4, 0.5) is 10.2 Å². The van der Waals surface area contributed by atoms with E-state index in [2.05, 4.69) is 20.6 Å². The number of fused-ring (bicyclic) bond motifs is 1. The van der Waals surface area contributed by atoms with E-state index in [4.69, 9.17) is 16.1 Å². The number of nitrogens with two attached hydrogens (primary N) is 1. The van der Waals surface area contributed by atoms with Crippen LogP contribution in [0.5, 0.6) is 0 Å². The monoisotopic (exact) mass is 469 g/mol. The molecule has 0 radical (unpaired) electrons. The Morgan fingerprint density at radius 2 is 1.80 bits per heavy atom. The molecule has 2 aromatic carbocycles. The summed E-state index contributed by atoms with van der Waals surface area (Å²) in [6, 6.07) is 16.2. The highest BCUT2D eigenvalue weighted by Crippen LogP contribution is 2.32. The number of benzene rings is 2. The summed E-state index contributed by atoms with van der Waals surface area (Å²) in [5, 5.41) is 15.2. The normalized spacial score (nSPS) is 11.3. The fourth-order valence-corrected chi connectivity index (χ4v) is 3.60. The van der Waals surface area contributed by atoms with Crippen molar-refractivity contribution in [3.8, 4) is 22.5 Å². The van der Waals surface area contributed by atoms with Crippen molar-refractivity contribution < 1.29 is 4.39 Å². The van der Waals surface area contributed by atoms with Crippen molar-refractivity contribution in [2.24, 2.45) is 0 Å². The van der Waals surface area contributed by atoms with Crippen LogP contribution in [0.15, 0.2) is 73.1 Å². The topological polar surface area (TPSA) is 113 Å². The summed E-state index contributed by atoms with van der Waals surface area (Å²) >= 11 is 0. The molecular formula is C27H28FN7. The molecule has 4 rings (SSSR count). The van der Waals surface area contributed by atoms with Crippen LogP contribution in [-0.2, 0) is 6.42 Å². The third kappa shape index (κ3) is 5.97. The molecule has 5 N–H and O–H groups in total. The predicted octanol–water partition coefficient (Wildman–Crippen LogP) is 4.70. The highest BCUT2D eigenvalue weighted by Gasteiger charge is 2.16. The Labute approximate surface area is 203 Å². The van der Waals surface area contributed by atoms with Crippen LogP contribution < -0.4 is 16.4 Å². The molecular weight excluding hydrogens is 441 g/mol. The first-order valence-corrected chi connectivity index (χ1v) is 11.4. The first kappa shape index (κ1) is 23.8. The molecule has 0 aliphatic carbocycles. The molecule has 0 atom stereocenters. The summed E-state index contributed by atoms with van der Waals surface area (Å²) in [7, 11) is 0. The van der Waals surface area contributed by atoms with Gasteiger partial charge in [-0.15, -0.1) is 0 Å². The average molecular weight is 470 g/mol. The molecule has 0 saturated carbocycles. The van der Waals surface area contributed by atoms with E-state index in [1.807, 2.05) is 44.2 Å². The minimum Gasteiger partial charge on any atom is -0.389 e. The summed E-state index contributed by atoms with van der Waals surface area (Å²) in [5.41, 5.74) is 10.6. The zero-order valence-corrected chi connectivity index (χ0v) is 19.7. The first-order chi connectivity index (χ1) is 16.9. The lowest BCUT2D eigenvalue weighted by atomic mass is 10.0. The number of nitrogens with zero attached hydrogens (tertiary/aromatic N) is 3. The highest BCUT2D eigenvalue weighted by molar-refractivity contribution is 5.90. The van der Waals surface area contributed by atoms with E-state index in [0.717, 1.165) is 22.0 Å². The maximum Gasteiger partial charge on any atom is 0.146 e. The Kier molecular flexibility index (Phi) is 7.30. The Bertz CT molecular complexity index is 1360. The van der Waals surface area contributed by atoms with Gasteiger partial charge in [0.25, 0.3) is 0 Å². The zero-order valence-electron chi connectivity index (χ0n) is 19.7. The Morgan fingerprint density at radius 3 is 2.57 bits per heavy atom. The third-order valence-corrected chi connectivity index (χ3v) is 5.35. The second-order valence-electron chi connectivity index (χ2n) is 8.42. The molecule has 0 amide bonds. The van der Waals surface area contributed by atoms with E-state index in [0.29, 0.717) is 41.9 Å². The van der Waals surface area contributed by atoms with Crippen LogP contribution in [0, 0.1) is 11.2 Å². The van der Waals surface area contributed by atoms with E-state index in [9.17, 15) is 4.39 Å². The molecule has 0 aliphatic heterocycles. The van der Waals surface area contributed by atoms with Crippen LogP contribution >= 0.6 is 0 Å². The quantitative estimate of drug-likeness (QED) is 0.220. The summed E-state index contributed by atoms with van der Waals surface area (Å²) in [6.45, 7) is 4.53. The lowest BCUT2D eigenvalue weighted by Gasteiger charge is -2.14. The SMILES string of the molecule is CC(C)N/C=C\C(=N)NCCc1nc(-c2ccc3ncccc3c2)c(-c2ccc(F)cc2)nc1N. The van der Waals surface area contributed by atoms with Crippen LogP contribution in [0.2, 0.25) is 0 Å². The number of aromatic nitrogens is 3. The summed E-state index contributed by atoms with van der Waals surface area (Å²) in [5.74, 6) is 0.270. The highest BCUT2D eigenvalue weighted by atomic mass is 19.1. The molecule has 4 aromatic rings.